The summed E-state index contributed by atoms with van der Waals surface area (Å²) < 4.78 is 64.2. The summed E-state index contributed by atoms with van der Waals surface area (Å²) in [6, 6.07) is 0. The number of rotatable bonds is 0. The van der Waals surface area contributed by atoms with E-state index >= 15 is 0 Å². The van der Waals surface area contributed by atoms with E-state index in [1.54, 1.807) is 0 Å². The summed E-state index contributed by atoms with van der Waals surface area (Å²) >= 11 is 0. The first-order valence-electron chi connectivity index (χ1n) is 1.62. The third-order valence-electron chi connectivity index (χ3n) is 0. The van der Waals surface area contributed by atoms with Crippen LogP contribution in [-0.4, -0.2) is 20.2 Å². The van der Waals surface area contributed by atoms with Crippen LogP contribution in [0.2, 0.25) is 0 Å². The molecule has 10 heteroatoms. The Morgan fingerprint density at radius 2 is 1.20 bits per heavy atom. The highest BCUT2D eigenvalue weighted by Crippen LogP contribution is 2.06. The van der Waals surface area contributed by atoms with Gasteiger partial charge in [-0.3, -0.25) is 4.55 Å². The number of hydrogen-bond acceptors (Lipinski definition) is 2. The molecule has 0 saturated carbocycles. The van der Waals surface area contributed by atoms with Crippen LogP contribution in [0.25, 0.3) is 0 Å². The molecule has 4 nitrogen and oxygen atoms in total. The zero-order valence-corrected chi connectivity index (χ0v) is 5.16. The molecule has 10 heavy (non-hydrogen) atoms. The lowest BCUT2D eigenvalue weighted by molar-refractivity contribution is 0.368. The van der Waals surface area contributed by atoms with E-state index in [1.807, 2.05) is 0 Å². The van der Waals surface area contributed by atoms with Crippen molar-refractivity contribution in [3.63, 3.8) is 0 Å². The maximum Gasteiger partial charge on any atom is 0.673 e. The van der Waals surface area contributed by atoms with Crippen molar-refractivity contribution in [2.75, 3.05) is 0 Å². The molecule has 0 radical (unpaired) electrons. The van der Waals surface area contributed by atoms with Gasteiger partial charge in [-0.1, -0.05) is 0 Å². The third kappa shape index (κ3) is 2850. The molecule has 0 aromatic heterocycles. The van der Waals surface area contributed by atoms with Gasteiger partial charge < -0.3 is 17.3 Å². The first-order valence-corrected chi connectivity index (χ1v) is 3.13. The quantitative estimate of drug-likeness (QED) is 0.317. The van der Waals surface area contributed by atoms with E-state index < -0.39 is 17.6 Å². The van der Waals surface area contributed by atoms with E-state index in [0.29, 0.717) is 0 Å². The third-order valence-corrected chi connectivity index (χ3v) is 0. The predicted molar refractivity (Wildman–Crippen MR) is 25.9 cm³/mol. The second-order valence-corrected chi connectivity index (χ2v) is 2.04. The lowest BCUT2D eigenvalue weighted by Crippen LogP contribution is -2.08. The Hall–Kier alpha value is -0.345. The lowest BCUT2D eigenvalue weighted by atomic mass is 10.3. The maximum atomic E-state index is 9.75. The fourth-order valence-electron chi connectivity index (χ4n) is 0. The van der Waals surface area contributed by atoms with Crippen molar-refractivity contribution < 1.29 is 30.2 Å². The minimum Gasteiger partial charge on any atom is -0.418 e. The summed E-state index contributed by atoms with van der Waals surface area (Å²) in [6.45, 7) is 0. The van der Waals surface area contributed by atoms with Crippen LogP contribution in [0.4, 0.5) is 17.3 Å². The zero-order valence-electron chi connectivity index (χ0n) is 4.34. The summed E-state index contributed by atoms with van der Waals surface area (Å²) in [4.78, 5) is 0. The summed E-state index contributed by atoms with van der Waals surface area (Å²) in [5.41, 5.74) is 0. The highest BCUT2D eigenvalue weighted by Gasteiger charge is 2.20. The lowest BCUT2D eigenvalue weighted by Gasteiger charge is -1.94. The zero-order chi connectivity index (χ0) is 9.00. The van der Waals surface area contributed by atoms with Crippen LogP contribution in [0.15, 0.2) is 0 Å². The molecule has 0 heterocycles. The highest BCUT2D eigenvalue weighted by molar-refractivity contribution is 7.83. The molecular formula is H3BF4NO3S-. The van der Waals surface area contributed by atoms with Crippen LogP contribution in [0.5, 0.6) is 0 Å². The summed E-state index contributed by atoms with van der Waals surface area (Å²) in [5, 5.41) is 3.88. The molecule has 0 aliphatic carbocycles. The van der Waals surface area contributed by atoms with Crippen molar-refractivity contribution in [2.24, 2.45) is 5.14 Å². The molecule has 64 valence electrons. The number of halogens is 4. The Balaban J connectivity index is 0. The maximum absolute atomic E-state index is 9.75. The Bertz CT molecular complexity index is 155. The highest BCUT2D eigenvalue weighted by atomic mass is 32.2. The second kappa shape index (κ2) is 3.73. The summed E-state index contributed by atoms with van der Waals surface area (Å²) in [6.07, 6.45) is 0. The Morgan fingerprint density at radius 1 is 1.20 bits per heavy atom. The molecule has 0 aromatic rings. The first-order chi connectivity index (χ1) is 4.00. The molecule has 0 amide bonds. The smallest absolute Gasteiger partial charge is 0.418 e. The van der Waals surface area contributed by atoms with E-state index in [9.17, 15) is 17.3 Å². The van der Waals surface area contributed by atoms with Crippen molar-refractivity contribution in [3.05, 3.63) is 0 Å². The van der Waals surface area contributed by atoms with Gasteiger partial charge in [-0.15, -0.1) is 0 Å². The van der Waals surface area contributed by atoms with Crippen LogP contribution < -0.4 is 5.14 Å². The van der Waals surface area contributed by atoms with Gasteiger partial charge >= 0.3 is 17.6 Å². The van der Waals surface area contributed by atoms with Gasteiger partial charge in [0, 0.05) is 0 Å². The minimum atomic E-state index is -6.00. The van der Waals surface area contributed by atoms with Gasteiger partial charge in [0.1, 0.15) is 0 Å². The number of nitrogens with two attached hydrogens (primary N) is 1. The van der Waals surface area contributed by atoms with Gasteiger partial charge in [-0.05, 0) is 0 Å². The monoisotopic (exact) mass is 184 g/mol. The molecule has 0 fully saturated rings. The first kappa shape index (κ1) is 12.3. The van der Waals surface area contributed by atoms with Gasteiger partial charge in [0.15, 0.2) is 0 Å². The van der Waals surface area contributed by atoms with Gasteiger partial charge in [0.25, 0.3) is 0 Å². The Morgan fingerprint density at radius 3 is 1.20 bits per heavy atom. The molecular weight excluding hydrogens is 181 g/mol. The summed E-state index contributed by atoms with van der Waals surface area (Å²) in [7, 11) is -10.2. The standard InChI is InChI=1S/BF4.H3NO3S/c2-1(3,4)5;1-5(2,3)4/h;(H3,1,2,3,4)/q-1;. The van der Waals surface area contributed by atoms with Crippen molar-refractivity contribution in [1.82, 2.24) is 0 Å². The van der Waals surface area contributed by atoms with E-state index in [2.05, 4.69) is 5.14 Å². The SMILES string of the molecule is F[B-](F)(F)F.NS(=O)(=O)O. The van der Waals surface area contributed by atoms with E-state index in [1.165, 1.54) is 0 Å². The van der Waals surface area contributed by atoms with Crippen molar-refractivity contribution in [1.29, 1.82) is 0 Å². The van der Waals surface area contributed by atoms with E-state index in [-0.39, 0.29) is 0 Å². The predicted octanol–water partition coefficient (Wildman–Crippen LogP) is 0.0479. The average Bonchev–Trinajstić information content (AvgIpc) is 1.12. The fourth-order valence-corrected chi connectivity index (χ4v) is 0. The van der Waals surface area contributed by atoms with Crippen molar-refractivity contribution >= 4 is 17.6 Å². The van der Waals surface area contributed by atoms with E-state index in [4.69, 9.17) is 13.0 Å². The van der Waals surface area contributed by atoms with Crippen LogP contribution >= 0.6 is 0 Å². The molecule has 0 saturated heterocycles. The molecule has 0 unspecified atom stereocenters. The van der Waals surface area contributed by atoms with Gasteiger partial charge in [0.05, 0.1) is 0 Å². The second-order valence-electron chi connectivity index (χ2n) is 1.01. The van der Waals surface area contributed by atoms with Crippen LogP contribution in [0.1, 0.15) is 0 Å². The minimum absolute atomic E-state index is 3.88. The molecule has 0 rings (SSSR count). The number of hydrogen-bond donors (Lipinski definition) is 2. The largest absolute Gasteiger partial charge is 0.673 e. The topological polar surface area (TPSA) is 80.4 Å². The van der Waals surface area contributed by atoms with Gasteiger partial charge in [0.2, 0.25) is 0 Å². The van der Waals surface area contributed by atoms with Crippen LogP contribution in [-0.2, 0) is 10.3 Å². The molecule has 0 bridgehead atoms. The Labute approximate surface area is 54.0 Å². The molecule has 0 atom stereocenters. The molecule has 0 spiro atoms. The summed E-state index contributed by atoms with van der Waals surface area (Å²) in [5.74, 6) is 0. The van der Waals surface area contributed by atoms with Crippen molar-refractivity contribution in [3.8, 4) is 0 Å². The fraction of sp³-hybridized carbons (Fsp3) is 0. The van der Waals surface area contributed by atoms with Gasteiger partial charge in [-0.2, -0.15) is 8.42 Å². The molecule has 3 N–H and O–H groups in total. The molecule has 0 aromatic carbocycles. The Kier molecular flexibility index (Phi) is 4.61. The van der Waals surface area contributed by atoms with Crippen molar-refractivity contribution in [2.45, 2.75) is 0 Å². The van der Waals surface area contributed by atoms with Crippen LogP contribution in [0, 0.1) is 0 Å². The van der Waals surface area contributed by atoms with Gasteiger partial charge in [-0.25, -0.2) is 5.14 Å². The average molecular weight is 184 g/mol. The van der Waals surface area contributed by atoms with E-state index in [0.717, 1.165) is 0 Å². The normalized spacial score (nSPS) is 11.8. The molecule has 0 aliphatic rings. The molecule has 0 aliphatic heterocycles. The van der Waals surface area contributed by atoms with Crippen LogP contribution in [0.3, 0.4) is 0 Å².